The zero-order valence-corrected chi connectivity index (χ0v) is 13.0. The first kappa shape index (κ1) is 14.1. The van der Waals surface area contributed by atoms with Gasteiger partial charge in [0.15, 0.2) is 0 Å². The molecule has 2 fully saturated rings. The van der Waals surface area contributed by atoms with E-state index in [0.29, 0.717) is 35.3 Å². The largest absolute Gasteiger partial charge is 0.281 e. The number of nitrogens with one attached hydrogen (secondary N) is 1. The second-order valence-corrected chi connectivity index (χ2v) is 8.09. The normalized spacial score (nSPS) is 28.3. The van der Waals surface area contributed by atoms with Crippen molar-refractivity contribution < 1.29 is 8.42 Å². The SMILES string of the molecule is Cc1n[nH]c(C)c1S(=O)(=O)N1CCC2CCCCC2C1. The number of H-pyrrole nitrogens is 1. The van der Waals surface area contributed by atoms with E-state index < -0.39 is 10.0 Å². The molecule has 1 saturated carbocycles. The van der Waals surface area contributed by atoms with Gasteiger partial charge in [-0.2, -0.15) is 9.40 Å². The van der Waals surface area contributed by atoms with Crippen LogP contribution in [0.2, 0.25) is 0 Å². The van der Waals surface area contributed by atoms with Gasteiger partial charge in [0.2, 0.25) is 10.0 Å². The van der Waals surface area contributed by atoms with Gasteiger partial charge in [-0.3, -0.25) is 5.10 Å². The summed E-state index contributed by atoms with van der Waals surface area (Å²) in [4.78, 5) is 0.381. The van der Waals surface area contributed by atoms with Gasteiger partial charge in [0.05, 0.1) is 11.4 Å². The van der Waals surface area contributed by atoms with Crippen molar-refractivity contribution in [2.24, 2.45) is 11.8 Å². The molecule has 6 heteroatoms. The topological polar surface area (TPSA) is 66.1 Å². The van der Waals surface area contributed by atoms with E-state index in [0.717, 1.165) is 12.3 Å². The van der Waals surface area contributed by atoms with Crippen LogP contribution in [0.3, 0.4) is 0 Å². The molecule has 1 saturated heterocycles. The van der Waals surface area contributed by atoms with Crippen LogP contribution in [0.1, 0.15) is 43.5 Å². The van der Waals surface area contributed by atoms with Crippen LogP contribution in [0.15, 0.2) is 4.90 Å². The number of rotatable bonds is 2. The molecular weight excluding hydrogens is 274 g/mol. The van der Waals surface area contributed by atoms with Gasteiger partial charge in [-0.25, -0.2) is 8.42 Å². The minimum Gasteiger partial charge on any atom is -0.281 e. The molecular formula is C14H23N3O2S. The van der Waals surface area contributed by atoms with Crippen molar-refractivity contribution in [2.45, 2.75) is 50.8 Å². The predicted octanol–water partition coefficient (Wildman–Crippen LogP) is 2.23. The van der Waals surface area contributed by atoms with E-state index in [1.165, 1.54) is 25.7 Å². The Hall–Kier alpha value is -0.880. The summed E-state index contributed by atoms with van der Waals surface area (Å²) in [6.07, 6.45) is 6.04. The van der Waals surface area contributed by atoms with Gasteiger partial charge in [-0.1, -0.05) is 19.3 Å². The highest BCUT2D eigenvalue weighted by atomic mass is 32.2. The summed E-state index contributed by atoms with van der Waals surface area (Å²) in [6.45, 7) is 4.88. The molecule has 2 atom stereocenters. The Morgan fingerprint density at radius 3 is 2.50 bits per heavy atom. The fourth-order valence-corrected chi connectivity index (χ4v) is 5.68. The van der Waals surface area contributed by atoms with Gasteiger partial charge in [-0.15, -0.1) is 0 Å². The number of fused-ring (bicyclic) bond motifs is 1. The van der Waals surface area contributed by atoms with Crippen molar-refractivity contribution in [2.75, 3.05) is 13.1 Å². The molecule has 1 aliphatic heterocycles. The standard InChI is InChI=1S/C14H23N3O2S/c1-10-14(11(2)16-15-10)20(18,19)17-8-7-12-5-3-4-6-13(12)9-17/h12-13H,3-9H2,1-2H3,(H,15,16). The third kappa shape index (κ3) is 2.29. The summed E-state index contributed by atoms with van der Waals surface area (Å²) >= 11 is 0. The summed E-state index contributed by atoms with van der Waals surface area (Å²) in [5.74, 6) is 1.29. The molecule has 2 heterocycles. The second-order valence-electron chi connectivity index (χ2n) is 6.22. The van der Waals surface area contributed by atoms with Gasteiger partial charge < -0.3 is 0 Å². The van der Waals surface area contributed by atoms with Crippen molar-refractivity contribution >= 4 is 10.0 Å². The van der Waals surface area contributed by atoms with E-state index in [4.69, 9.17) is 0 Å². The molecule has 1 N–H and O–H groups in total. The van der Waals surface area contributed by atoms with Gasteiger partial charge in [0.1, 0.15) is 4.90 Å². The summed E-state index contributed by atoms with van der Waals surface area (Å²) in [5.41, 5.74) is 1.22. The Morgan fingerprint density at radius 2 is 1.85 bits per heavy atom. The number of nitrogens with zero attached hydrogens (tertiary/aromatic N) is 2. The van der Waals surface area contributed by atoms with E-state index in [-0.39, 0.29) is 0 Å². The molecule has 3 rings (SSSR count). The molecule has 0 aromatic carbocycles. The molecule has 0 amide bonds. The molecule has 0 spiro atoms. The van der Waals surface area contributed by atoms with Gasteiger partial charge in [0.25, 0.3) is 0 Å². The van der Waals surface area contributed by atoms with E-state index in [1.54, 1.807) is 18.2 Å². The monoisotopic (exact) mass is 297 g/mol. The molecule has 0 radical (unpaired) electrons. The highest BCUT2D eigenvalue weighted by Gasteiger charge is 2.38. The molecule has 0 bridgehead atoms. The minimum atomic E-state index is -3.39. The van der Waals surface area contributed by atoms with E-state index in [2.05, 4.69) is 10.2 Å². The van der Waals surface area contributed by atoms with Crippen LogP contribution in [0, 0.1) is 25.7 Å². The van der Waals surface area contributed by atoms with Crippen molar-refractivity contribution in [1.29, 1.82) is 0 Å². The average Bonchev–Trinajstić information content (AvgIpc) is 2.78. The molecule has 20 heavy (non-hydrogen) atoms. The second kappa shape index (κ2) is 5.15. The zero-order valence-electron chi connectivity index (χ0n) is 12.2. The highest BCUT2D eigenvalue weighted by molar-refractivity contribution is 7.89. The van der Waals surface area contributed by atoms with E-state index in [1.807, 2.05) is 0 Å². The Balaban J connectivity index is 1.85. The van der Waals surface area contributed by atoms with Crippen LogP contribution < -0.4 is 0 Å². The maximum Gasteiger partial charge on any atom is 0.246 e. The third-order valence-corrected chi connectivity index (χ3v) is 7.04. The van der Waals surface area contributed by atoms with Crippen LogP contribution in [-0.2, 0) is 10.0 Å². The fourth-order valence-electron chi connectivity index (χ4n) is 3.84. The lowest BCUT2D eigenvalue weighted by Gasteiger charge is -2.40. The lowest BCUT2D eigenvalue weighted by molar-refractivity contribution is 0.136. The molecule has 1 aromatic heterocycles. The molecule has 112 valence electrons. The maximum absolute atomic E-state index is 12.8. The van der Waals surface area contributed by atoms with Crippen molar-refractivity contribution in [1.82, 2.24) is 14.5 Å². The number of aryl methyl sites for hydroxylation is 2. The third-order valence-electron chi connectivity index (χ3n) is 4.91. The Labute approximate surface area is 120 Å². The fraction of sp³-hybridized carbons (Fsp3) is 0.786. The highest BCUT2D eigenvalue weighted by Crippen LogP contribution is 2.38. The molecule has 2 aliphatic rings. The first-order valence-electron chi connectivity index (χ1n) is 7.52. The van der Waals surface area contributed by atoms with Gasteiger partial charge in [0, 0.05) is 13.1 Å². The quantitative estimate of drug-likeness (QED) is 0.910. The average molecular weight is 297 g/mol. The number of piperidine rings is 1. The predicted molar refractivity (Wildman–Crippen MR) is 76.9 cm³/mol. The lowest BCUT2D eigenvalue weighted by atomic mass is 9.76. The summed E-state index contributed by atoms with van der Waals surface area (Å²) in [7, 11) is -3.39. The molecule has 2 unspecified atom stereocenters. The van der Waals surface area contributed by atoms with Crippen molar-refractivity contribution in [3.63, 3.8) is 0 Å². The Bertz CT molecular complexity index is 574. The van der Waals surface area contributed by atoms with Crippen LogP contribution in [-0.4, -0.2) is 36.0 Å². The Kier molecular flexibility index (Phi) is 3.62. The summed E-state index contributed by atoms with van der Waals surface area (Å²) in [5, 5.41) is 6.81. The number of aromatic nitrogens is 2. The van der Waals surface area contributed by atoms with Crippen LogP contribution in [0.25, 0.3) is 0 Å². The molecule has 1 aliphatic carbocycles. The molecule has 1 aromatic rings. The smallest absolute Gasteiger partial charge is 0.246 e. The zero-order chi connectivity index (χ0) is 14.3. The number of sulfonamides is 1. The number of hydrogen-bond donors (Lipinski definition) is 1. The maximum atomic E-state index is 12.8. The summed E-state index contributed by atoms with van der Waals surface area (Å²) in [6, 6.07) is 0. The van der Waals surface area contributed by atoms with Gasteiger partial charge >= 0.3 is 0 Å². The van der Waals surface area contributed by atoms with Crippen LogP contribution >= 0.6 is 0 Å². The van der Waals surface area contributed by atoms with Crippen LogP contribution in [0.4, 0.5) is 0 Å². The van der Waals surface area contributed by atoms with E-state index >= 15 is 0 Å². The van der Waals surface area contributed by atoms with Crippen molar-refractivity contribution in [3.8, 4) is 0 Å². The Morgan fingerprint density at radius 1 is 1.15 bits per heavy atom. The summed E-state index contributed by atoms with van der Waals surface area (Å²) < 4.78 is 27.3. The molecule has 5 nitrogen and oxygen atoms in total. The first-order chi connectivity index (χ1) is 9.50. The van der Waals surface area contributed by atoms with Crippen LogP contribution in [0.5, 0.6) is 0 Å². The number of hydrogen-bond acceptors (Lipinski definition) is 3. The van der Waals surface area contributed by atoms with Crippen molar-refractivity contribution in [3.05, 3.63) is 11.4 Å². The number of aromatic amines is 1. The van der Waals surface area contributed by atoms with Gasteiger partial charge in [-0.05, 0) is 38.5 Å². The first-order valence-corrected chi connectivity index (χ1v) is 8.96. The van der Waals surface area contributed by atoms with E-state index in [9.17, 15) is 8.42 Å². The lowest BCUT2D eigenvalue weighted by Crippen LogP contribution is -2.44. The minimum absolute atomic E-state index is 0.381.